The van der Waals surface area contributed by atoms with Crippen molar-refractivity contribution >= 4 is 5.96 Å². The lowest BCUT2D eigenvalue weighted by Gasteiger charge is -2.17. The number of hydrogen-bond donors (Lipinski definition) is 2. The maximum absolute atomic E-state index is 6.10. The number of hydrogen-bond acceptors (Lipinski definition) is 3. The molecule has 1 aliphatic rings. The van der Waals surface area contributed by atoms with Crippen molar-refractivity contribution in [1.29, 1.82) is 0 Å². The van der Waals surface area contributed by atoms with Gasteiger partial charge >= 0.3 is 0 Å². The molecule has 27 heavy (non-hydrogen) atoms. The number of aliphatic imine (C=N–C) groups is 1. The van der Waals surface area contributed by atoms with Gasteiger partial charge in [-0.1, -0.05) is 30.3 Å². The third-order valence-electron chi connectivity index (χ3n) is 4.91. The quantitative estimate of drug-likeness (QED) is 0.608. The van der Waals surface area contributed by atoms with Gasteiger partial charge in [-0.15, -0.1) is 0 Å². The van der Waals surface area contributed by atoms with E-state index in [-0.39, 0.29) is 0 Å². The second-order valence-corrected chi connectivity index (χ2v) is 7.25. The third-order valence-corrected chi connectivity index (χ3v) is 4.91. The zero-order valence-corrected chi connectivity index (χ0v) is 16.5. The van der Waals surface area contributed by atoms with Gasteiger partial charge in [0.2, 0.25) is 0 Å². The molecular weight excluding hydrogens is 336 g/mol. The van der Waals surface area contributed by atoms with E-state index >= 15 is 0 Å². The Balaban J connectivity index is 1.59. The summed E-state index contributed by atoms with van der Waals surface area (Å²) in [5, 5.41) is 6.87. The first-order valence-electron chi connectivity index (χ1n) is 9.59. The number of rotatable bonds is 6. The van der Waals surface area contributed by atoms with Crippen molar-refractivity contribution < 1.29 is 4.74 Å². The average molecular weight is 367 g/mol. The van der Waals surface area contributed by atoms with Crippen LogP contribution in [0, 0.1) is 12.8 Å². The lowest BCUT2D eigenvalue weighted by Crippen LogP contribution is -2.39. The molecule has 0 radical (unpaired) electrons. The minimum Gasteiger partial charge on any atom is -0.457 e. The van der Waals surface area contributed by atoms with Crippen LogP contribution in [0.1, 0.15) is 17.5 Å². The standard InChI is InChI=1S/C22H30N4O/c1-17-9-10-19(21(13-17)27-20-7-5-4-6-8-20)15-25-22(23-2)24-14-18-11-12-26(3)16-18/h4-10,13,18H,11-12,14-16H2,1-3H3,(H2,23,24,25). The van der Waals surface area contributed by atoms with E-state index in [2.05, 4.69) is 52.7 Å². The zero-order valence-electron chi connectivity index (χ0n) is 16.5. The number of para-hydroxylation sites is 1. The van der Waals surface area contributed by atoms with Gasteiger partial charge in [0.05, 0.1) is 0 Å². The number of nitrogens with zero attached hydrogens (tertiary/aromatic N) is 2. The molecule has 5 nitrogen and oxygen atoms in total. The Hall–Kier alpha value is -2.53. The number of likely N-dealkylation sites (tertiary alicyclic amines) is 1. The van der Waals surface area contributed by atoms with E-state index in [1.54, 1.807) is 0 Å². The fourth-order valence-corrected chi connectivity index (χ4v) is 3.35. The summed E-state index contributed by atoms with van der Waals surface area (Å²) in [7, 11) is 3.99. The molecule has 0 bridgehead atoms. The van der Waals surface area contributed by atoms with Crippen LogP contribution in [0.4, 0.5) is 0 Å². The van der Waals surface area contributed by atoms with Crippen molar-refractivity contribution in [3.05, 3.63) is 59.7 Å². The molecule has 144 valence electrons. The molecule has 1 unspecified atom stereocenters. The number of aryl methyl sites for hydroxylation is 1. The lowest BCUT2D eigenvalue weighted by atomic mass is 10.1. The van der Waals surface area contributed by atoms with Gasteiger partial charge in [0, 0.05) is 32.2 Å². The summed E-state index contributed by atoms with van der Waals surface area (Å²) in [6.07, 6.45) is 1.24. The highest BCUT2D eigenvalue weighted by atomic mass is 16.5. The highest BCUT2D eigenvalue weighted by Crippen LogP contribution is 2.26. The van der Waals surface area contributed by atoms with E-state index in [9.17, 15) is 0 Å². The highest BCUT2D eigenvalue weighted by molar-refractivity contribution is 5.79. The molecule has 1 atom stereocenters. The predicted octanol–water partition coefficient (Wildman–Crippen LogP) is 3.40. The molecule has 1 aliphatic heterocycles. The van der Waals surface area contributed by atoms with E-state index in [1.165, 1.54) is 18.5 Å². The second-order valence-electron chi connectivity index (χ2n) is 7.25. The van der Waals surface area contributed by atoms with Crippen LogP contribution in [-0.2, 0) is 6.54 Å². The minimum absolute atomic E-state index is 0.659. The van der Waals surface area contributed by atoms with E-state index in [1.807, 2.05) is 37.4 Å². The van der Waals surface area contributed by atoms with Crippen LogP contribution in [0.2, 0.25) is 0 Å². The first-order valence-corrected chi connectivity index (χ1v) is 9.59. The van der Waals surface area contributed by atoms with Gasteiger partial charge < -0.3 is 20.3 Å². The molecule has 0 spiro atoms. The van der Waals surface area contributed by atoms with E-state index in [0.29, 0.717) is 12.5 Å². The molecule has 0 amide bonds. The summed E-state index contributed by atoms with van der Waals surface area (Å²) in [5.41, 5.74) is 2.28. The van der Waals surface area contributed by atoms with Crippen molar-refractivity contribution in [1.82, 2.24) is 15.5 Å². The number of benzene rings is 2. The van der Waals surface area contributed by atoms with Crippen LogP contribution < -0.4 is 15.4 Å². The van der Waals surface area contributed by atoms with E-state index in [4.69, 9.17) is 4.74 Å². The summed E-state index contributed by atoms with van der Waals surface area (Å²) in [6, 6.07) is 16.2. The smallest absolute Gasteiger partial charge is 0.191 e. The van der Waals surface area contributed by atoms with Crippen molar-refractivity contribution in [2.45, 2.75) is 19.9 Å². The molecule has 3 rings (SSSR count). The molecule has 2 aromatic carbocycles. The molecular formula is C22H30N4O. The monoisotopic (exact) mass is 366 g/mol. The topological polar surface area (TPSA) is 48.9 Å². The van der Waals surface area contributed by atoms with Gasteiger partial charge in [-0.3, -0.25) is 4.99 Å². The van der Waals surface area contributed by atoms with Crippen LogP contribution in [0.25, 0.3) is 0 Å². The number of guanidine groups is 1. The maximum atomic E-state index is 6.10. The molecule has 1 saturated heterocycles. The minimum atomic E-state index is 0.659. The zero-order chi connectivity index (χ0) is 19.1. The SMILES string of the molecule is CN=C(NCc1ccc(C)cc1Oc1ccccc1)NCC1CCN(C)C1. The average Bonchev–Trinajstić information content (AvgIpc) is 3.09. The third kappa shape index (κ3) is 5.73. The molecule has 1 heterocycles. The van der Waals surface area contributed by atoms with Crippen molar-refractivity contribution in [3.63, 3.8) is 0 Å². The Kier molecular flexibility index (Phi) is 6.71. The molecule has 2 aromatic rings. The first kappa shape index (κ1) is 19.2. The Labute approximate surface area is 162 Å². The Bertz CT molecular complexity index is 760. The molecule has 0 saturated carbocycles. The summed E-state index contributed by atoms with van der Waals surface area (Å²) in [4.78, 5) is 6.73. The van der Waals surface area contributed by atoms with Gasteiger partial charge in [-0.2, -0.15) is 0 Å². The fraction of sp³-hybridized carbons (Fsp3) is 0.409. The van der Waals surface area contributed by atoms with Crippen molar-refractivity contribution in [2.75, 3.05) is 33.7 Å². The molecule has 0 aromatic heterocycles. The van der Waals surface area contributed by atoms with Crippen LogP contribution in [-0.4, -0.2) is 44.6 Å². The van der Waals surface area contributed by atoms with Crippen LogP contribution in [0.5, 0.6) is 11.5 Å². The molecule has 2 N–H and O–H groups in total. The normalized spacial score (nSPS) is 17.7. The number of ether oxygens (including phenoxy) is 1. The van der Waals surface area contributed by atoms with E-state index in [0.717, 1.165) is 36.1 Å². The fourth-order valence-electron chi connectivity index (χ4n) is 3.35. The maximum Gasteiger partial charge on any atom is 0.191 e. The molecule has 1 fully saturated rings. The van der Waals surface area contributed by atoms with Gasteiger partial charge in [0.15, 0.2) is 5.96 Å². The summed E-state index contributed by atoms with van der Waals surface area (Å²) in [5.74, 6) is 3.24. The summed E-state index contributed by atoms with van der Waals surface area (Å²) >= 11 is 0. The Morgan fingerprint density at radius 1 is 1.19 bits per heavy atom. The summed E-state index contributed by atoms with van der Waals surface area (Å²) in [6.45, 7) is 6.02. The molecule has 0 aliphatic carbocycles. The Morgan fingerprint density at radius 2 is 2.00 bits per heavy atom. The highest BCUT2D eigenvalue weighted by Gasteiger charge is 2.19. The van der Waals surface area contributed by atoms with Crippen molar-refractivity contribution in [3.8, 4) is 11.5 Å². The largest absolute Gasteiger partial charge is 0.457 e. The Morgan fingerprint density at radius 3 is 2.70 bits per heavy atom. The first-order chi connectivity index (χ1) is 13.1. The predicted molar refractivity (Wildman–Crippen MR) is 112 cm³/mol. The van der Waals surface area contributed by atoms with Crippen molar-refractivity contribution in [2.24, 2.45) is 10.9 Å². The second kappa shape index (κ2) is 9.42. The van der Waals surface area contributed by atoms with Crippen LogP contribution in [0.15, 0.2) is 53.5 Å². The lowest BCUT2D eigenvalue weighted by molar-refractivity contribution is 0.394. The van der Waals surface area contributed by atoms with Gasteiger partial charge in [0.1, 0.15) is 11.5 Å². The summed E-state index contributed by atoms with van der Waals surface area (Å²) < 4.78 is 6.10. The molecule has 5 heteroatoms. The van der Waals surface area contributed by atoms with E-state index < -0.39 is 0 Å². The van der Waals surface area contributed by atoms with Gasteiger partial charge in [-0.25, -0.2) is 0 Å². The number of nitrogens with one attached hydrogen (secondary N) is 2. The van der Waals surface area contributed by atoms with Crippen LogP contribution >= 0.6 is 0 Å². The van der Waals surface area contributed by atoms with Gasteiger partial charge in [0.25, 0.3) is 0 Å². The van der Waals surface area contributed by atoms with Crippen LogP contribution in [0.3, 0.4) is 0 Å². The van der Waals surface area contributed by atoms with Gasteiger partial charge in [-0.05, 0) is 56.6 Å².